The van der Waals surface area contributed by atoms with Crippen molar-refractivity contribution in [1.82, 2.24) is 9.55 Å². The van der Waals surface area contributed by atoms with E-state index in [0.29, 0.717) is 11.8 Å². The van der Waals surface area contributed by atoms with Crippen molar-refractivity contribution in [2.75, 3.05) is 0 Å². The maximum Gasteiger partial charge on any atom is 0.117 e. The quantitative estimate of drug-likeness (QED) is 0.561. The topological polar surface area (TPSA) is 17.8 Å². The number of hydrogen-bond donors (Lipinski definition) is 0. The summed E-state index contributed by atoms with van der Waals surface area (Å²) < 4.78 is 2.39. The first-order chi connectivity index (χ1) is 11.6. The van der Waals surface area contributed by atoms with Gasteiger partial charge in [-0.1, -0.05) is 64.1 Å². The summed E-state index contributed by atoms with van der Waals surface area (Å²) in [4.78, 5) is 4.94. The molecule has 1 heterocycles. The smallest absolute Gasteiger partial charge is 0.117 e. The SMILES string of the molecule is CCCn1c([C@@H](C)c2ccc(CC(C)C)cc2)nc2ccccc21. The molecule has 0 radical (unpaired) electrons. The minimum atomic E-state index is 0.303. The Bertz CT molecular complexity index is 796. The standard InChI is InChI=1S/C22H28N2/c1-5-14-24-21-9-7-6-8-20(21)23-22(24)17(4)19-12-10-18(11-13-19)15-16(2)3/h6-13,16-17H,5,14-15H2,1-4H3/t17-/m0/s1. The van der Waals surface area contributed by atoms with Crippen molar-refractivity contribution in [1.29, 1.82) is 0 Å². The van der Waals surface area contributed by atoms with Gasteiger partial charge in [0.05, 0.1) is 11.0 Å². The van der Waals surface area contributed by atoms with Gasteiger partial charge >= 0.3 is 0 Å². The predicted octanol–water partition coefficient (Wildman–Crippen LogP) is 5.80. The summed E-state index contributed by atoms with van der Waals surface area (Å²) in [6, 6.07) is 17.6. The Morgan fingerprint density at radius 1 is 0.958 bits per heavy atom. The third-order valence-electron chi connectivity index (χ3n) is 4.64. The molecule has 2 nitrogen and oxygen atoms in total. The molecule has 0 unspecified atom stereocenters. The molecular formula is C22H28N2. The molecule has 0 saturated carbocycles. The van der Waals surface area contributed by atoms with Gasteiger partial charge in [-0.15, -0.1) is 0 Å². The van der Waals surface area contributed by atoms with Crippen LogP contribution in [-0.2, 0) is 13.0 Å². The third-order valence-corrected chi connectivity index (χ3v) is 4.64. The summed E-state index contributed by atoms with van der Waals surface area (Å²) in [5.41, 5.74) is 5.11. The Balaban J connectivity index is 1.95. The first-order valence-electron chi connectivity index (χ1n) is 9.14. The Labute approximate surface area is 145 Å². The van der Waals surface area contributed by atoms with Crippen LogP contribution < -0.4 is 0 Å². The highest BCUT2D eigenvalue weighted by Crippen LogP contribution is 2.28. The third kappa shape index (κ3) is 3.38. The van der Waals surface area contributed by atoms with E-state index < -0.39 is 0 Å². The van der Waals surface area contributed by atoms with Gasteiger partial charge < -0.3 is 4.57 Å². The first-order valence-corrected chi connectivity index (χ1v) is 9.14. The lowest BCUT2D eigenvalue weighted by Crippen LogP contribution is -2.08. The zero-order valence-corrected chi connectivity index (χ0v) is 15.3. The Morgan fingerprint density at radius 3 is 2.33 bits per heavy atom. The van der Waals surface area contributed by atoms with Gasteiger partial charge in [0.25, 0.3) is 0 Å². The molecule has 126 valence electrons. The van der Waals surface area contributed by atoms with Crippen LogP contribution >= 0.6 is 0 Å². The lowest BCUT2D eigenvalue weighted by atomic mass is 9.96. The van der Waals surface area contributed by atoms with Crippen molar-refractivity contribution in [2.24, 2.45) is 5.92 Å². The lowest BCUT2D eigenvalue weighted by Gasteiger charge is -2.15. The van der Waals surface area contributed by atoms with Crippen LogP contribution in [0.15, 0.2) is 48.5 Å². The summed E-state index contributed by atoms with van der Waals surface area (Å²) in [5.74, 6) is 2.17. The zero-order chi connectivity index (χ0) is 17.1. The second-order valence-corrected chi connectivity index (χ2v) is 7.17. The van der Waals surface area contributed by atoms with Gasteiger partial charge in [-0.3, -0.25) is 0 Å². The average molecular weight is 320 g/mol. The fraction of sp³-hybridized carbons (Fsp3) is 0.409. The lowest BCUT2D eigenvalue weighted by molar-refractivity contribution is 0.634. The Morgan fingerprint density at radius 2 is 1.67 bits per heavy atom. The molecule has 0 spiro atoms. The number of hydrogen-bond acceptors (Lipinski definition) is 1. The molecule has 3 aromatic rings. The van der Waals surface area contributed by atoms with E-state index in [9.17, 15) is 0 Å². The van der Waals surface area contributed by atoms with E-state index in [1.807, 2.05) is 0 Å². The average Bonchev–Trinajstić information content (AvgIpc) is 2.94. The number of benzene rings is 2. The van der Waals surface area contributed by atoms with E-state index in [-0.39, 0.29) is 0 Å². The first kappa shape index (κ1) is 16.8. The molecule has 0 aliphatic rings. The Kier molecular flexibility index (Phi) is 5.03. The molecule has 1 aromatic heterocycles. The summed E-state index contributed by atoms with van der Waals surface area (Å²) in [6.45, 7) is 10.0. The monoisotopic (exact) mass is 320 g/mol. The summed E-state index contributed by atoms with van der Waals surface area (Å²) in [5, 5.41) is 0. The summed E-state index contributed by atoms with van der Waals surface area (Å²) in [7, 11) is 0. The summed E-state index contributed by atoms with van der Waals surface area (Å²) >= 11 is 0. The molecule has 3 rings (SSSR count). The molecule has 0 saturated heterocycles. The van der Waals surface area contributed by atoms with Crippen LogP contribution in [0, 0.1) is 5.92 Å². The van der Waals surface area contributed by atoms with Crippen molar-refractivity contribution in [3.8, 4) is 0 Å². The number of rotatable bonds is 6. The highest BCUT2D eigenvalue weighted by Gasteiger charge is 2.17. The van der Waals surface area contributed by atoms with Crippen molar-refractivity contribution in [2.45, 2.75) is 53.0 Å². The number of imidazole rings is 1. The van der Waals surface area contributed by atoms with Gasteiger partial charge in [0, 0.05) is 12.5 Å². The highest BCUT2D eigenvalue weighted by atomic mass is 15.1. The van der Waals surface area contributed by atoms with E-state index in [1.165, 1.54) is 22.5 Å². The molecule has 0 aliphatic heterocycles. The fourth-order valence-corrected chi connectivity index (χ4v) is 3.45. The van der Waals surface area contributed by atoms with Crippen LogP contribution in [0.4, 0.5) is 0 Å². The van der Waals surface area contributed by atoms with Crippen molar-refractivity contribution < 1.29 is 0 Å². The van der Waals surface area contributed by atoms with Crippen molar-refractivity contribution >= 4 is 11.0 Å². The van der Waals surface area contributed by atoms with E-state index in [4.69, 9.17) is 4.98 Å². The molecule has 0 aliphatic carbocycles. The van der Waals surface area contributed by atoms with Crippen molar-refractivity contribution in [3.05, 3.63) is 65.5 Å². The molecule has 0 fully saturated rings. The van der Waals surface area contributed by atoms with E-state index in [2.05, 4.69) is 80.8 Å². The largest absolute Gasteiger partial charge is 0.327 e. The number of nitrogens with zero attached hydrogens (tertiary/aromatic N) is 2. The molecule has 2 aromatic carbocycles. The second kappa shape index (κ2) is 7.21. The number of fused-ring (bicyclic) bond motifs is 1. The van der Waals surface area contributed by atoms with Gasteiger partial charge in [0.2, 0.25) is 0 Å². The van der Waals surface area contributed by atoms with Crippen LogP contribution in [0.3, 0.4) is 0 Å². The normalized spacial score (nSPS) is 12.9. The van der Waals surface area contributed by atoms with Crippen LogP contribution in [0.2, 0.25) is 0 Å². The van der Waals surface area contributed by atoms with Gasteiger partial charge in [0.15, 0.2) is 0 Å². The van der Waals surface area contributed by atoms with Crippen LogP contribution in [-0.4, -0.2) is 9.55 Å². The second-order valence-electron chi connectivity index (χ2n) is 7.17. The van der Waals surface area contributed by atoms with E-state index in [1.54, 1.807) is 0 Å². The van der Waals surface area contributed by atoms with Gasteiger partial charge in [-0.25, -0.2) is 4.98 Å². The summed E-state index contributed by atoms with van der Waals surface area (Å²) in [6.07, 6.45) is 2.26. The molecule has 0 amide bonds. The van der Waals surface area contributed by atoms with Crippen LogP contribution in [0.5, 0.6) is 0 Å². The molecule has 0 bridgehead atoms. The minimum Gasteiger partial charge on any atom is -0.327 e. The van der Waals surface area contributed by atoms with Gasteiger partial charge in [-0.2, -0.15) is 0 Å². The molecular weight excluding hydrogens is 292 g/mol. The molecule has 0 N–H and O–H groups in total. The maximum atomic E-state index is 4.94. The van der Waals surface area contributed by atoms with Crippen molar-refractivity contribution in [3.63, 3.8) is 0 Å². The van der Waals surface area contributed by atoms with E-state index in [0.717, 1.165) is 24.9 Å². The van der Waals surface area contributed by atoms with Gasteiger partial charge in [-0.05, 0) is 42.0 Å². The molecule has 24 heavy (non-hydrogen) atoms. The minimum absolute atomic E-state index is 0.303. The molecule has 2 heteroatoms. The molecule has 1 atom stereocenters. The fourth-order valence-electron chi connectivity index (χ4n) is 3.45. The number of aromatic nitrogens is 2. The predicted molar refractivity (Wildman–Crippen MR) is 103 cm³/mol. The zero-order valence-electron chi connectivity index (χ0n) is 15.3. The highest BCUT2D eigenvalue weighted by molar-refractivity contribution is 5.76. The van der Waals surface area contributed by atoms with Gasteiger partial charge in [0.1, 0.15) is 5.82 Å². The Hall–Kier alpha value is -2.09. The van der Waals surface area contributed by atoms with Crippen LogP contribution in [0.1, 0.15) is 57.0 Å². The number of para-hydroxylation sites is 2. The maximum absolute atomic E-state index is 4.94. The van der Waals surface area contributed by atoms with E-state index >= 15 is 0 Å². The van der Waals surface area contributed by atoms with Crippen LogP contribution in [0.25, 0.3) is 11.0 Å². The number of aryl methyl sites for hydroxylation is 1.